The molecule has 0 radical (unpaired) electrons. The Balaban J connectivity index is 2.24. The number of amides is 1. The summed E-state index contributed by atoms with van der Waals surface area (Å²) >= 11 is 0. The maximum Gasteiger partial charge on any atom is 0.234 e. The van der Waals surface area contributed by atoms with Gasteiger partial charge in [-0.3, -0.25) is 10.1 Å². The fraction of sp³-hybridized carbons (Fsp3) is 0.400. The number of aromatic hydroxyl groups is 1. The number of hydrogen-bond donors (Lipinski definition) is 3. The van der Waals surface area contributed by atoms with Crippen LogP contribution in [0.1, 0.15) is 18.9 Å². The summed E-state index contributed by atoms with van der Waals surface area (Å²) in [7, 11) is 0. The largest absolute Gasteiger partial charge is 0.508 e. The van der Waals surface area contributed by atoms with Crippen molar-refractivity contribution >= 4 is 5.91 Å². The number of aryl methyl sites for hydroxylation is 1. The predicted octanol–water partition coefficient (Wildman–Crippen LogP) is 1.05. The van der Waals surface area contributed by atoms with E-state index in [0.29, 0.717) is 6.54 Å². The molecule has 1 aromatic carbocycles. The third kappa shape index (κ3) is 6.49. The van der Waals surface area contributed by atoms with E-state index in [1.54, 1.807) is 12.1 Å². The van der Waals surface area contributed by atoms with E-state index in [2.05, 4.69) is 16.6 Å². The van der Waals surface area contributed by atoms with Crippen LogP contribution in [-0.2, 0) is 11.2 Å². The Hall–Kier alpha value is -1.99. The van der Waals surface area contributed by atoms with Gasteiger partial charge in [0.15, 0.2) is 0 Å². The predicted molar refractivity (Wildman–Crippen MR) is 75.7 cm³/mol. The van der Waals surface area contributed by atoms with E-state index in [-0.39, 0.29) is 24.2 Å². The molecule has 0 aliphatic carbocycles. The van der Waals surface area contributed by atoms with Gasteiger partial charge in [-0.1, -0.05) is 18.1 Å². The fourth-order valence-electron chi connectivity index (χ4n) is 1.69. The number of phenolic OH excluding ortho intramolecular Hbond substituents is 1. The van der Waals surface area contributed by atoms with Crippen molar-refractivity contribution in [3.05, 3.63) is 29.8 Å². The monoisotopic (exact) mass is 260 g/mol. The lowest BCUT2D eigenvalue weighted by atomic mass is 10.1. The normalized spacial score (nSPS) is 11.6. The Morgan fingerprint density at radius 2 is 2.11 bits per heavy atom. The van der Waals surface area contributed by atoms with Crippen LogP contribution in [0.2, 0.25) is 0 Å². The van der Waals surface area contributed by atoms with Crippen molar-refractivity contribution in [3.8, 4) is 18.1 Å². The van der Waals surface area contributed by atoms with Crippen LogP contribution in [0.4, 0.5) is 0 Å². The van der Waals surface area contributed by atoms with Gasteiger partial charge < -0.3 is 10.4 Å². The molecule has 4 heteroatoms. The van der Waals surface area contributed by atoms with Crippen LogP contribution in [0.25, 0.3) is 0 Å². The number of benzene rings is 1. The molecule has 0 aliphatic rings. The smallest absolute Gasteiger partial charge is 0.234 e. The molecule has 1 rings (SSSR count). The van der Waals surface area contributed by atoms with Crippen LogP contribution >= 0.6 is 0 Å². The van der Waals surface area contributed by atoms with Crippen molar-refractivity contribution in [2.75, 3.05) is 13.1 Å². The highest BCUT2D eigenvalue weighted by molar-refractivity contribution is 5.78. The maximum absolute atomic E-state index is 11.5. The molecule has 3 N–H and O–H groups in total. The molecule has 0 aromatic heterocycles. The molecular weight excluding hydrogens is 240 g/mol. The van der Waals surface area contributed by atoms with E-state index >= 15 is 0 Å². The van der Waals surface area contributed by atoms with Crippen LogP contribution in [0.15, 0.2) is 24.3 Å². The molecule has 1 amide bonds. The number of nitrogens with one attached hydrogen (secondary N) is 2. The highest BCUT2D eigenvalue weighted by atomic mass is 16.3. The van der Waals surface area contributed by atoms with E-state index in [1.807, 2.05) is 19.1 Å². The van der Waals surface area contributed by atoms with E-state index in [4.69, 9.17) is 6.42 Å². The van der Waals surface area contributed by atoms with E-state index < -0.39 is 0 Å². The number of rotatable bonds is 7. The minimum Gasteiger partial charge on any atom is -0.508 e. The van der Waals surface area contributed by atoms with E-state index in [1.165, 1.54) is 0 Å². The SMILES string of the molecule is C#CCNCC(=O)NC(C)CCc1ccc(O)cc1. The first kappa shape index (κ1) is 15.1. The van der Waals surface area contributed by atoms with Crippen molar-refractivity contribution in [2.45, 2.75) is 25.8 Å². The maximum atomic E-state index is 11.5. The Labute approximate surface area is 114 Å². The van der Waals surface area contributed by atoms with Crippen molar-refractivity contribution in [1.82, 2.24) is 10.6 Å². The lowest BCUT2D eigenvalue weighted by molar-refractivity contribution is -0.120. The quantitative estimate of drug-likeness (QED) is 0.507. The van der Waals surface area contributed by atoms with Crippen molar-refractivity contribution < 1.29 is 9.90 Å². The second-order valence-corrected chi connectivity index (χ2v) is 4.48. The molecule has 4 nitrogen and oxygen atoms in total. The lowest BCUT2D eigenvalue weighted by Crippen LogP contribution is -2.39. The van der Waals surface area contributed by atoms with E-state index in [0.717, 1.165) is 18.4 Å². The topological polar surface area (TPSA) is 61.4 Å². The molecule has 0 heterocycles. The van der Waals surface area contributed by atoms with E-state index in [9.17, 15) is 9.90 Å². The van der Waals surface area contributed by atoms with Crippen molar-refractivity contribution in [3.63, 3.8) is 0 Å². The molecule has 1 aromatic rings. The number of terminal acetylenes is 1. The molecule has 0 spiro atoms. The standard InChI is InChI=1S/C15H20N2O2/c1-3-10-16-11-15(19)17-12(2)4-5-13-6-8-14(18)9-7-13/h1,6-9,12,16,18H,4-5,10-11H2,2H3,(H,17,19). The summed E-state index contributed by atoms with van der Waals surface area (Å²) in [5.74, 6) is 2.64. The first-order valence-corrected chi connectivity index (χ1v) is 6.33. The Morgan fingerprint density at radius 1 is 1.42 bits per heavy atom. The average molecular weight is 260 g/mol. The number of hydrogen-bond acceptors (Lipinski definition) is 3. The second-order valence-electron chi connectivity index (χ2n) is 4.48. The van der Waals surface area contributed by atoms with Crippen LogP contribution in [0.3, 0.4) is 0 Å². The molecule has 1 atom stereocenters. The first-order valence-electron chi connectivity index (χ1n) is 6.33. The highest BCUT2D eigenvalue weighted by Crippen LogP contribution is 2.11. The third-order valence-corrected chi connectivity index (χ3v) is 2.72. The minimum absolute atomic E-state index is 0.0477. The third-order valence-electron chi connectivity index (χ3n) is 2.72. The molecule has 0 bridgehead atoms. The van der Waals surface area contributed by atoms with Gasteiger partial charge in [0, 0.05) is 6.04 Å². The molecule has 0 saturated heterocycles. The van der Waals surface area contributed by atoms with Crippen LogP contribution in [0, 0.1) is 12.3 Å². The summed E-state index contributed by atoms with van der Waals surface area (Å²) < 4.78 is 0. The molecular formula is C15H20N2O2. The van der Waals surface area contributed by atoms with Gasteiger partial charge >= 0.3 is 0 Å². The van der Waals surface area contributed by atoms with Crippen LogP contribution < -0.4 is 10.6 Å². The lowest BCUT2D eigenvalue weighted by Gasteiger charge is -2.14. The van der Waals surface area contributed by atoms with Crippen molar-refractivity contribution in [2.24, 2.45) is 0 Å². The molecule has 0 fully saturated rings. The van der Waals surface area contributed by atoms with Gasteiger partial charge in [-0.15, -0.1) is 6.42 Å². The van der Waals surface area contributed by atoms with Gasteiger partial charge in [-0.2, -0.15) is 0 Å². The zero-order valence-electron chi connectivity index (χ0n) is 11.1. The Kier molecular flexibility index (Phi) is 6.48. The zero-order chi connectivity index (χ0) is 14.1. The van der Waals surface area contributed by atoms with Gasteiger partial charge in [0.25, 0.3) is 0 Å². The summed E-state index contributed by atoms with van der Waals surface area (Å²) in [4.78, 5) is 11.5. The molecule has 19 heavy (non-hydrogen) atoms. The molecule has 0 saturated carbocycles. The summed E-state index contributed by atoms with van der Waals surface area (Å²) in [6.07, 6.45) is 6.79. The zero-order valence-corrected chi connectivity index (χ0v) is 11.1. The van der Waals surface area contributed by atoms with Gasteiger partial charge in [0.05, 0.1) is 13.1 Å². The van der Waals surface area contributed by atoms with Crippen LogP contribution in [-0.4, -0.2) is 30.1 Å². The number of carbonyl (C=O) groups excluding carboxylic acids is 1. The molecule has 1 unspecified atom stereocenters. The second kappa shape index (κ2) is 8.17. The summed E-state index contributed by atoms with van der Waals surface area (Å²) in [5, 5.41) is 14.9. The molecule has 0 aliphatic heterocycles. The minimum atomic E-state index is -0.0477. The van der Waals surface area contributed by atoms with Crippen LogP contribution in [0.5, 0.6) is 5.75 Å². The summed E-state index contributed by atoms with van der Waals surface area (Å²) in [5.41, 5.74) is 1.14. The Morgan fingerprint density at radius 3 is 2.74 bits per heavy atom. The number of carbonyl (C=O) groups is 1. The summed E-state index contributed by atoms with van der Waals surface area (Å²) in [6.45, 7) is 2.61. The van der Waals surface area contributed by atoms with Gasteiger partial charge in [-0.25, -0.2) is 0 Å². The summed E-state index contributed by atoms with van der Waals surface area (Å²) in [6, 6.07) is 7.22. The average Bonchev–Trinajstić information content (AvgIpc) is 2.38. The Bertz CT molecular complexity index is 434. The highest BCUT2D eigenvalue weighted by Gasteiger charge is 2.06. The van der Waals surface area contributed by atoms with Gasteiger partial charge in [0.2, 0.25) is 5.91 Å². The molecule has 102 valence electrons. The number of phenols is 1. The van der Waals surface area contributed by atoms with Gasteiger partial charge in [-0.05, 0) is 37.5 Å². The fourth-order valence-corrected chi connectivity index (χ4v) is 1.69. The van der Waals surface area contributed by atoms with Crippen molar-refractivity contribution in [1.29, 1.82) is 0 Å². The first-order chi connectivity index (χ1) is 9.11. The van der Waals surface area contributed by atoms with Gasteiger partial charge in [0.1, 0.15) is 5.75 Å².